The van der Waals surface area contributed by atoms with Gasteiger partial charge in [-0.15, -0.1) is 11.3 Å². The number of thiophene rings is 1. The van der Waals surface area contributed by atoms with Gasteiger partial charge in [-0.25, -0.2) is 0 Å². The zero-order valence-corrected chi connectivity index (χ0v) is 8.26. The molecule has 0 aromatic carbocycles. The molecule has 0 aliphatic carbocycles. The Labute approximate surface area is 73.6 Å². The van der Waals surface area contributed by atoms with Crippen LogP contribution in [-0.2, 0) is 6.54 Å². The molecule has 1 aromatic rings. The Morgan fingerprint density at radius 3 is 3.00 bits per heavy atom. The van der Waals surface area contributed by atoms with Crippen molar-refractivity contribution in [3.05, 3.63) is 20.8 Å². The van der Waals surface area contributed by atoms with Crippen molar-refractivity contribution < 1.29 is 0 Å². The third kappa shape index (κ3) is 2.40. The Hall–Kier alpha value is 0.140. The van der Waals surface area contributed by atoms with E-state index in [4.69, 9.17) is 0 Å². The molecular formula is C7H10BrNS. The molecule has 1 heterocycles. The quantitative estimate of drug-likeness (QED) is 0.825. The van der Waals surface area contributed by atoms with Gasteiger partial charge in [0.15, 0.2) is 0 Å². The van der Waals surface area contributed by atoms with E-state index in [2.05, 4.69) is 39.6 Å². The van der Waals surface area contributed by atoms with Gasteiger partial charge in [-0.2, -0.15) is 0 Å². The first-order valence-electron chi connectivity index (χ1n) is 3.26. The van der Waals surface area contributed by atoms with Crippen LogP contribution in [0.15, 0.2) is 15.2 Å². The molecule has 10 heavy (non-hydrogen) atoms. The zero-order valence-electron chi connectivity index (χ0n) is 5.86. The fourth-order valence-corrected chi connectivity index (χ4v) is 1.92. The standard InChI is InChI=1S/C7H10BrNS/c1-2-9-4-6-3-7(8)10-5-6/h3,5,9H,2,4H2,1H3. The van der Waals surface area contributed by atoms with Crippen molar-refractivity contribution in [1.82, 2.24) is 5.32 Å². The Balaban J connectivity index is 2.42. The smallest absolute Gasteiger partial charge is 0.0701 e. The Bertz CT molecular complexity index is 197. The van der Waals surface area contributed by atoms with Crippen LogP contribution >= 0.6 is 27.3 Å². The van der Waals surface area contributed by atoms with Gasteiger partial charge in [-0.1, -0.05) is 6.92 Å². The lowest BCUT2D eigenvalue weighted by atomic mass is 10.3. The van der Waals surface area contributed by atoms with E-state index in [0.717, 1.165) is 13.1 Å². The van der Waals surface area contributed by atoms with Crippen LogP contribution in [0, 0.1) is 0 Å². The second-order valence-corrected chi connectivity index (χ2v) is 4.33. The predicted molar refractivity (Wildman–Crippen MR) is 49.4 cm³/mol. The minimum Gasteiger partial charge on any atom is -0.313 e. The minimum atomic E-state index is 0.985. The molecule has 0 saturated heterocycles. The van der Waals surface area contributed by atoms with Crippen LogP contribution in [-0.4, -0.2) is 6.54 Å². The number of hydrogen-bond donors (Lipinski definition) is 1. The third-order valence-corrected chi connectivity index (χ3v) is 2.75. The highest BCUT2D eigenvalue weighted by Crippen LogP contribution is 2.20. The van der Waals surface area contributed by atoms with Gasteiger partial charge in [0, 0.05) is 6.54 Å². The van der Waals surface area contributed by atoms with Gasteiger partial charge in [-0.05, 0) is 39.5 Å². The fourth-order valence-electron chi connectivity index (χ4n) is 0.708. The summed E-state index contributed by atoms with van der Waals surface area (Å²) in [6, 6.07) is 2.15. The van der Waals surface area contributed by atoms with Crippen molar-refractivity contribution in [2.75, 3.05) is 6.54 Å². The molecule has 0 bridgehead atoms. The molecule has 1 N–H and O–H groups in total. The summed E-state index contributed by atoms with van der Waals surface area (Å²) in [4.78, 5) is 0. The molecule has 0 unspecified atom stereocenters. The summed E-state index contributed by atoms with van der Waals surface area (Å²) >= 11 is 5.15. The SMILES string of the molecule is CCNCc1csc(Br)c1. The molecule has 1 nitrogen and oxygen atoms in total. The van der Waals surface area contributed by atoms with Gasteiger partial charge in [-0.3, -0.25) is 0 Å². The fraction of sp³-hybridized carbons (Fsp3) is 0.429. The van der Waals surface area contributed by atoms with Crippen LogP contribution in [0.2, 0.25) is 0 Å². The van der Waals surface area contributed by atoms with Gasteiger partial charge in [0.05, 0.1) is 3.79 Å². The molecule has 0 spiro atoms. The molecule has 56 valence electrons. The zero-order chi connectivity index (χ0) is 7.40. The van der Waals surface area contributed by atoms with Crippen molar-refractivity contribution in [2.24, 2.45) is 0 Å². The van der Waals surface area contributed by atoms with Gasteiger partial charge in [0.2, 0.25) is 0 Å². The molecule has 0 aliphatic heterocycles. The van der Waals surface area contributed by atoms with Crippen molar-refractivity contribution in [3.63, 3.8) is 0 Å². The minimum absolute atomic E-state index is 0.985. The first-order chi connectivity index (χ1) is 4.83. The normalized spacial score (nSPS) is 10.2. The second-order valence-electron chi connectivity index (χ2n) is 2.04. The van der Waals surface area contributed by atoms with E-state index < -0.39 is 0 Å². The lowest BCUT2D eigenvalue weighted by molar-refractivity contribution is 0.728. The van der Waals surface area contributed by atoms with E-state index >= 15 is 0 Å². The third-order valence-electron chi connectivity index (χ3n) is 1.20. The van der Waals surface area contributed by atoms with E-state index in [9.17, 15) is 0 Å². The average Bonchev–Trinajstić information content (AvgIpc) is 2.31. The molecule has 3 heteroatoms. The van der Waals surface area contributed by atoms with Crippen molar-refractivity contribution in [1.29, 1.82) is 0 Å². The molecular weight excluding hydrogens is 210 g/mol. The average molecular weight is 220 g/mol. The van der Waals surface area contributed by atoms with Crippen LogP contribution in [0.3, 0.4) is 0 Å². The van der Waals surface area contributed by atoms with E-state index in [1.807, 2.05) is 0 Å². The second kappa shape index (κ2) is 4.11. The maximum atomic E-state index is 3.41. The van der Waals surface area contributed by atoms with Gasteiger partial charge in [0.25, 0.3) is 0 Å². The topological polar surface area (TPSA) is 12.0 Å². The Kier molecular flexibility index (Phi) is 3.39. The highest BCUT2D eigenvalue weighted by atomic mass is 79.9. The maximum Gasteiger partial charge on any atom is 0.0701 e. The van der Waals surface area contributed by atoms with Crippen molar-refractivity contribution in [3.8, 4) is 0 Å². The lowest BCUT2D eigenvalue weighted by Crippen LogP contribution is -2.10. The van der Waals surface area contributed by atoms with Crippen molar-refractivity contribution in [2.45, 2.75) is 13.5 Å². The number of hydrogen-bond acceptors (Lipinski definition) is 2. The van der Waals surface area contributed by atoms with Crippen LogP contribution in [0.4, 0.5) is 0 Å². The van der Waals surface area contributed by atoms with E-state index in [0.29, 0.717) is 0 Å². The summed E-state index contributed by atoms with van der Waals surface area (Å²) in [5.74, 6) is 0. The first kappa shape index (κ1) is 8.24. The van der Waals surface area contributed by atoms with Crippen LogP contribution < -0.4 is 5.32 Å². The molecule has 0 aliphatic rings. The summed E-state index contributed by atoms with van der Waals surface area (Å²) in [6.07, 6.45) is 0. The summed E-state index contributed by atoms with van der Waals surface area (Å²) < 4.78 is 1.21. The van der Waals surface area contributed by atoms with Crippen molar-refractivity contribution >= 4 is 27.3 Å². The van der Waals surface area contributed by atoms with Gasteiger partial charge in [0.1, 0.15) is 0 Å². The number of halogens is 1. The molecule has 1 aromatic heterocycles. The molecule has 1 rings (SSSR count). The Morgan fingerprint density at radius 1 is 1.70 bits per heavy atom. The highest BCUT2D eigenvalue weighted by Gasteiger charge is 1.94. The number of nitrogens with one attached hydrogen (secondary N) is 1. The maximum absolute atomic E-state index is 3.41. The predicted octanol–water partition coefficient (Wildman–Crippen LogP) is 2.62. The largest absolute Gasteiger partial charge is 0.313 e. The summed E-state index contributed by atoms with van der Waals surface area (Å²) in [6.45, 7) is 4.13. The summed E-state index contributed by atoms with van der Waals surface area (Å²) in [5.41, 5.74) is 1.36. The van der Waals surface area contributed by atoms with E-state index in [-0.39, 0.29) is 0 Å². The molecule has 0 amide bonds. The monoisotopic (exact) mass is 219 g/mol. The van der Waals surface area contributed by atoms with Gasteiger partial charge >= 0.3 is 0 Å². The van der Waals surface area contributed by atoms with E-state index in [1.54, 1.807) is 11.3 Å². The van der Waals surface area contributed by atoms with Crippen LogP contribution in [0.25, 0.3) is 0 Å². The first-order valence-corrected chi connectivity index (χ1v) is 4.94. The molecule has 0 radical (unpaired) electrons. The van der Waals surface area contributed by atoms with Crippen LogP contribution in [0.1, 0.15) is 12.5 Å². The molecule has 0 fully saturated rings. The summed E-state index contributed by atoms with van der Waals surface area (Å²) in [7, 11) is 0. The van der Waals surface area contributed by atoms with E-state index in [1.165, 1.54) is 9.35 Å². The van der Waals surface area contributed by atoms with Gasteiger partial charge < -0.3 is 5.32 Å². The molecule has 0 atom stereocenters. The van der Waals surface area contributed by atoms with Crippen LogP contribution in [0.5, 0.6) is 0 Å². The molecule has 0 saturated carbocycles. The lowest BCUT2D eigenvalue weighted by Gasteiger charge is -1.95. The Morgan fingerprint density at radius 2 is 2.50 bits per heavy atom. The highest BCUT2D eigenvalue weighted by molar-refractivity contribution is 9.11. The number of rotatable bonds is 3. The summed E-state index contributed by atoms with van der Waals surface area (Å²) in [5, 5.41) is 5.42.